The van der Waals surface area contributed by atoms with Crippen molar-refractivity contribution in [2.75, 3.05) is 0 Å². The molecule has 0 fully saturated rings. The van der Waals surface area contributed by atoms with Gasteiger partial charge in [0.05, 0.1) is 6.54 Å². The zero-order valence-corrected chi connectivity index (χ0v) is 10.6. The van der Waals surface area contributed by atoms with E-state index >= 15 is 0 Å². The summed E-state index contributed by atoms with van der Waals surface area (Å²) in [7, 11) is 0. The molecule has 2 heteroatoms. The molecule has 0 radical (unpaired) electrons. The van der Waals surface area contributed by atoms with Gasteiger partial charge in [0.25, 0.3) is 0 Å². The fourth-order valence-corrected chi connectivity index (χ4v) is 2.87. The molecule has 2 aromatic carbocycles. The molecule has 1 aliphatic heterocycles. The fourth-order valence-electron chi connectivity index (χ4n) is 2.87. The number of rotatable bonds is 2. The molecule has 0 bridgehead atoms. The Morgan fingerprint density at radius 1 is 1.00 bits per heavy atom. The van der Waals surface area contributed by atoms with Crippen LogP contribution in [0.15, 0.2) is 60.8 Å². The van der Waals surface area contributed by atoms with Gasteiger partial charge in [-0.3, -0.25) is 0 Å². The molecule has 0 saturated heterocycles. The highest BCUT2D eigenvalue weighted by molar-refractivity contribution is 5.79. The van der Waals surface area contributed by atoms with E-state index in [1.807, 2.05) is 6.07 Å². The van der Waals surface area contributed by atoms with Gasteiger partial charge in [0, 0.05) is 18.1 Å². The maximum absolute atomic E-state index is 6.01. The number of hydrogen-bond donors (Lipinski definition) is 0. The quantitative estimate of drug-likeness (QED) is 0.676. The molecule has 3 aromatic rings. The molecule has 4 rings (SSSR count). The third kappa shape index (κ3) is 1.80. The minimum atomic E-state index is 0.244. The van der Waals surface area contributed by atoms with Crippen molar-refractivity contribution in [1.82, 2.24) is 4.57 Å². The van der Waals surface area contributed by atoms with Crippen molar-refractivity contribution in [1.29, 1.82) is 0 Å². The lowest BCUT2D eigenvalue weighted by atomic mass is 10.1. The summed E-state index contributed by atoms with van der Waals surface area (Å²) in [5.41, 5.74) is 2.60. The first kappa shape index (κ1) is 10.7. The Bertz CT molecular complexity index is 704. The van der Waals surface area contributed by atoms with Crippen LogP contribution in [0.5, 0.6) is 5.75 Å². The van der Waals surface area contributed by atoms with Gasteiger partial charge in [-0.15, -0.1) is 0 Å². The number of para-hydroxylation sites is 2. The van der Waals surface area contributed by atoms with Gasteiger partial charge in [-0.25, -0.2) is 0 Å². The van der Waals surface area contributed by atoms with Crippen molar-refractivity contribution in [2.24, 2.45) is 0 Å². The molecule has 1 aliphatic rings. The molecule has 1 atom stereocenters. The molecule has 0 N–H and O–H groups in total. The highest BCUT2D eigenvalue weighted by atomic mass is 16.5. The lowest BCUT2D eigenvalue weighted by Gasteiger charge is -2.12. The predicted molar refractivity (Wildman–Crippen MR) is 76.5 cm³/mol. The molecule has 0 saturated carbocycles. The molecule has 1 unspecified atom stereocenters. The van der Waals surface area contributed by atoms with E-state index in [1.54, 1.807) is 0 Å². The van der Waals surface area contributed by atoms with Gasteiger partial charge in [-0.2, -0.15) is 0 Å². The minimum Gasteiger partial charge on any atom is -0.488 e. The summed E-state index contributed by atoms with van der Waals surface area (Å²) in [4.78, 5) is 0. The Kier molecular flexibility index (Phi) is 2.34. The fraction of sp³-hybridized carbons (Fsp3) is 0.176. The van der Waals surface area contributed by atoms with E-state index in [0.717, 1.165) is 18.7 Å². The third-order valence-corrected chi connectivity index (χ3v) is 3.79. The average Bonchev–Trinajstić information content (AvgIpc) is 3.03. The molecule has 1 aromatic heterocycles. The first-order chi connectivity index (χ1) is 9.40. The van der Waals surface area contributed by atoms with Crippen molar-refractivity contribution >= 4 is 10.9 Å². The predicted octanol–water partition coefficient (Wildman–Crippen LogP) is 3.65. The molecular formula is C17H15NO. The minimum absolute atomic E-state index is 0.244. The summed E-state index contributed by atoms with van der Waals surface area (Å²) >= 11 is 0. The van der Waals surface area contributed by atoms with Crippen LogP contribution in [0.1, 0.15) is 5.56 Å². The highest BCUT2D eigenvalue weighted by Gasteiger charge is 2.22. The van der Waals surface area contributed by atoms with Gasteiger partial charge in [-0.1, -0.05) is 36.4 Å². The lowest BCUT2D eigenvalue weighted by molar-refractivity contribution is 0.211. The van der Waals surface area contributed by atoms with Crippen LogP contribution in [-0.4, -0.2) is 10.7 Å². The smallest absolute Gasteiger partial charge is 0.123 e. The van der Waals surface area contributed by atoms with Crippen LogP contribution in [0.25, 0.3) is 10.9 Å². The molecule has 0 aliphatic carbocycles. The third-order valence-electron chi connectivity index (χ3n) is 3.79. The number of fused-ring (bicyclic) bond motifs is 2. The molecule has 19 heavy (non-hydrogen) atoms. The van der Waals surface area contributed by atoms with E-state index in [4.69, 9.17) is 4.74 Å². The Morgan fingerprint density at radius 2 is 1.84 bits per heavy atom. The van der Waals surface area contributed by atoms with Gasteiger partial charge >= 0.3 is 0 Å². The molecule has 2 heterocycles. The van der Waals surface area contributed by atoms with Crippen molar-refractivity contribution < 1.29 is 4.74 Å². The zero-order valence-electron chi connectivity index (χ0n) is 10.6. The molecule has 0 spiro atoms. The number of ether oxygens (including phenoxy) is 1. The second kappa shape index (κ2) is 4.16. The van der Waals surface area contributed by atoms with Crippen molar-refractivity contribution in [3.63, 3.8) is 0 Å². The van der Waals surface area contributed by atoms with Crippen LogP contribution < -0.4 is 4.74 Å². The summed E-state index contributed by atoms with van der Waals surface area (Å²) in [5, 5.41) is 1.29. The maximum Gasteiger partial charge on any atom is 0.123 e. The van der Waals surface area contributed by atoms with Crippen LogP contribution in [0.2, 0.25) is 0 Å². The Balaban J connectivity index is 1.60. The van der Waals surface area contributed by atoms with E-state index in [9.17, 15) is 0 Å². The molecule has 2 nitrogen and oxygen atoms in total. The largest absolute Gasteiger partial charge is 0.488 e. The van der Waals surface area contributed by atoms with Crippen LogP contribution >= 0.6 is 0 Å². The Hall–Kier alpha value is -2.22. The second-order valence-electron chi connectivity index (χ2n) is 5.08. The second-order valence-corrected chi connectivity index (χ2v) is 5.08. The van der Waals surface area contributed by atoms with Crippen LogP contribution in [0.3, 0.4) is 0 Å². The van der Waals surface area contributed by atoms with Crippen LogP contribution in [0, 0.1) is 0 Å². The Morgan fingerprint density at radius 3 is 2.79 bits per heavy atom. The first-order valence-electron chi connectivity index (χ1n) is 6.68. The standard InChI is InChI=1S/C17H15NO/c1-3-7-16-13(5-1)9-10-18(16)12-15-11-14-6-2-4-8-17(14)19-15/h1-10,15H,11-12H2. The van der Waals surface area contributed by atoms with E-state index in [0.29, 0.717) is 0 Å². The summed E-state index contributed by atoms with van der Waals surface area (Å²) in [5.74, 6) is 1.05. The molecule has 0 amide bonds. The maximum atomic E-state index is 6.01. The molecule has 94 valence electrons. The normalized spacial score (nSPS) is 17.4. The van der Waals surface area contributed by atoms with E-state index in [-0.39, 0.29) is 6.10 Å². The van der Waals surface area contributed by atoms with E-state index in [2.05, 4.69) is 59.3 Å². The van der Waals surface area contributed by atoms with Gasteiger partial charge in [0.15, 0.2) is 0 Å². The van der Waals surface area contributed by atoms with Gasteiger partial charge in [0.2, 0.25) is 0 Å². The monoisotopic (exact) mass is 249 g/mol. The van der Waals surface area contributed by atoms with Crippen molar-refractivity contribution in [2.45, 2.75) is 19.1 Å². The SMILES string of the molecule is c1ccc2c(c1)CC(Cn1ccc3ccccc31)O2. The van der Waals surface area contributed by atoms with Crippen molar-refractivity contribution in [3.05, 3.63) is 66.4 Å². The average molecular weight is 249 g/mol. The first-order valence-corrected chi connectivity index (χ1v) is 6.68. The molecular weight excluding hydrogens is 234 g/mol. The van der Waals surface area contributed by atoms with Crippen LogP contribution in [0.4, 0.5) is 0 Å². The Labute approximate surface area is 112 Å². The lowest BCUT2D eigenvalue weighted by Crippen LogP contribution is -2.20. The number of nitrogens with zero attached hydrogens (tertiary/aromatic N) is 1. The van der Waals surface area contributed by atoms with Crippen molar-refractivity contribution in [3.8, 4) is 5.75 Å². The summed E-state index contributed by atoms with van der Waals surface area (Å²) < 4.78 is 8.29. The van der Waals surface area contributed by atoms with Crippen LogP contribution in [-0.2, 0) is 13.0 Å². The highest BCUT2D eigenvalue weighted by Crippen LogP contribution is 2.29. The van der Waals surface area contributed by atoms with Gasteiger partial charge in [-0.05, 0) is 29.1 Å². The topological polar surface area (TPSA) is 14.2 Å². The van der Waals surface area contributed by atoms with Gasteiger partial charge < -0.3 is 9.30 Å². The van der Waals surface area contributed by atoms with E-state index in [1.165, 1.54) is 16.5 Å². The van der Waals surface area contributed by atoms with Gasteiger partial charge in [0.1, 0.15) is 11.9 Å². The summed E-state index contributed by atoms with van der Waals surface area (Å²) in [6.45, 7) is 0.905. The van der Waals surface area contributed by atoms with E-state index < -0.39 is 0 Å². The number of aromatic nitrogens is 1. The summed E-state index contributed by atoms with van der Waals surface area (Å²) in [6.07, 6.45) is 3.40. The number of hydrogen-bond acceptors (Lipinski definition) is 1. The zero-order chi connectivity index (χ0) is 12.7. The summed E-state index contributed by atoms with van der Waals surface area (Å²) in [6, 6.07) is 19.0. The number of benzene rings is 2.